The molecule has 0 spiro atoms. The molecule has 0 fully saturated rings. The largest absolute Gasteiger partial charge is 0.480 e. The van der Waals surface area contributed by atoms with Gasteiger partial charge in [0.25, 0.3) is 0 Å². The third kappa shape index (κ3) is 24.9. The van der Waals surface area contributed by atoms with E-state index in [2.05, 4.69) is 17.6 Å². The van der Waals surface area contributed by atoms with Crippen LogP contribution in [0, 0.1) is 0 Å². The van der Waals surface area contributed by atoms with Gasteiger partial charge in [-0.05, 0) is 32.1 Å². The highest BCUT2D eigenvalue weighted by Gasteiger charge is 2.20. The van der Waals surface area contributed by atoms with E-state index in [1.54, 1.807) is 0 Å². The van der Waals surface area contributed by atoms with Gasteiger partial charge in [0.1, 0.15) is 12.1 Å². The Kier molecular flexibility index (Phi) is 25.6. The van der Waals surface area contributed by atoms with Crippen LogP contribution in [0.25, 0.3) is 0 Å². The molecule has 0 aliphatic carbocycles. The van der Waals surface area contributed by atoms with Crippen molar-refractivity contribution in [3.8, 4) is 0 Å². The first-order valence-corrected chi connectivity index (χ1v) is 16.0. The molecule has 2 amide bonds. The van der Waals surface area contributed by atoms with Gasteiger partial charge in [0.05, 0.1) is 0 Å². The average molecular weight is 570 g/mol. The van der Waals surface area contributed by atoms with E-state index in [0.717, 1.165) is 19.3 Å². The minimum absolute atomic E-state index is 0.00892. The van der Waals surface area contributed by atoms with E-state index in [1.807, 2.05) is 0 Å². The van der Waals surface area contributed by atoms with Crippen LogP contribution in [0.5, 0.6) is 0 Å². The van der Waals surface area contributed by atoms with E-state index in [1.165, 1.54) is 89.9 Å². The molecule has 0 aliphatic heterocycles. The van der Waals surface area contributed by atoms with Gasteiger partial charge in [-0.15, -0.1) is 0 Å². The molecule has 0 aromatic heterocycles. The lowest BCUT2D eigenvalue weighted by atomic mass is 10.0. The monoisotopic (exact) mass is 569 g/mol. The van der Waals surface area contributed by atoms with Crippen LogP contribution >= 0.6 is 0 Å². The molecule has 234 valence electrons. The fourth-order valence-electron chi connectivity index (χ4n) is 4.74. The van der Waals surface area contributed by atoms with Gasteiger partial charge in [-0.3, -0.25) is 14.4 Å². The second-order valence-corrected chi connectivity index (χ2v) is 11.2. The van der Waals surface area contributed by atoms with E-state index in [-0.39, 0.29) is 24.7 Å². The van der Waals surface area contributed by atoms with Crippen LogP contribution in [-0.4, -0.2) is 52.6 Å². The van der Waals surface area contributed by atoms with Crippen LogP contribution in [0.4, 0.5) is 0 Å². The summed E-state index contributed by atoms with van der Waals surface area (Å²) in [5.41, 5.74) is 5.43. The number of carboxylic acids is 2. The molecule has 0 saturated carbocycles. The summed E-state index contributed by atoms with van der Waals surface area (Å²) in [5, 5.41) is 23.4. The molecule has 6 N–H and O–H groups in total. The molecule has 0 aliphatic rings. The summed E-state index contributed by atoms with van der Waals surface area (Å²) in [6.07, 6.45) is 23.4. The number of rotatable bonds is 29. The number of nitrogens with one attached hydrogen (secondary N) is 2. The van der Waals surface area contributed by atoms with Gasteiger partial charge in [-0.25, -0.2) is 4.79 Å². The van der Waals surface area contributed by atoms with Gasteiger partial charge in [0.15, 0.2) is 0 Å². The first-order valence-electron chi connectivity index (χ1n) is 16.0. The number of aliphatic carboxylic acids is 2. The van der Waals surface area contributed by atoms with E-state index in [9.17, 15) is 24.3 Å². The van der Waals surface area contributed by atoms with E-state index in [0.29, 0.717) is 32.2 Å². The Hall–Kier alpha value is -2.16. The van der Waals surface area contributed by atoms with E-state index < -0.39 is 24.0 Å². The van der Waals surface area contributed by atoms with Crippen molar-refractivity contribution in [1.29, 1.82) is 0 Å². The molecule has 0 saturated heterocycles. The number of unbranched alkanes of at least 4 members (excludes halogenated alkanes) is 17. The van der Waals surface area contributed by atoms with E-state index in [4.69, 9.17) is 10.8 Å². The normalized spacial score (nSPS) is 12.6. The topological polar surface area (TPSA) is 159 Å². The predicted octanol–water partition coefficient (Wildman–Crippen LogP) is 6.08. The van der Waals surface area contributed by atoms with Crippen LogP contribution < -0.4 is 16.4 Å². The maximum atomic E-state index is 12.2. The fraction of sp³-hybridized carbons (Fsp3) is 0.871. The van der Waals surface area contributed by atoms with Gasteiger partial charge in [-0.2, -0.15) is 0 Å². The summed E-state index contributed by atoms with van der Waals surface area (Å²) in [6, 6.07) is -1.99. The Morgan fingerprint density at radius 2 is 1.05 bits per heavy atom. The SMILES string of the molecule is CCCCCCCCCCCCCCCCCCCC(=O)NC(CCC(=O)NCCCCC(N)C(=O)O)C(=O)O. The summed E-state index contributed by atoms with van der Waals surface area (Å²) >= 11 is 0. The molecule has 0 rings (SSSR count). The quantitative estimate of drug-likeness (QED) is 0.0683. The molecule has 0 heterocycles. The molecule has 0 radical (unpaired) electrons. The number of nitrogens with two attached hydrogens (primary N) is 1. The molecule has 2 atom stereocenters. The first kappa shape index (κ1) is 37.8. The van der Waals surface area contributed by atoms with Crippen molar-refractivity contribution in [2.75, 3.05) is 6.54 Å². The van der Waals surface area contributed by atoms with Crippen molar-refractivity contribution < 1.29 is 29.4 Å². The van der Waals surface area contributed by atoms with Crippen molar-refractivity contribution in [2.45, 2.75) is 167 Å². The molecule has 9 nitrogen and oxygen atoms in total. The van der Waals surface area contributed by atoms with Gasteiger partial charge in [0, 0.05) is 19.4 Å². The second kappa shape index (κ2) is 27.0. The third-order valence-corrected chi connectivity index (χ3v) is 7.38. The van der Waals surface area contributed by atoms with Gasteiger partial charge < -0.3 is 26.6 Å². The highest BCUT2D eigenvalue weighted by atomic mass is 16.4. The van der Waals surface area contributed by atoms with Crippen LogP contribution in [0.3, 0.4) is 0 Å². The zero-order valence-corrected chi connectivity index (χ0v) is 25.2. The van der Waals surface area contributed by atoms with Gasteiger partial charge >= 0.3 is 11.9 Å². The van der Waals surface area contributed by atoms with Crippen molar-refractivity contribution in [3.63, 3.8) is 0 Å². The first-order chi connectivity index (χ1) is 19.3. The second-order valence-electron chi connectivity index (χ2n) is 11.2. The highest BCUT2D eigenvalue weighted by molar-refractivity contribution is 5.84. The lowest BCUT2D eigenvalue weighted by Gasteiger charge is -2.14. The Morgan fingerprint density at radius 1 is 0.575 bits per heavy atom. The number of amides is 2. The Morgan fingerprint density at radius 3 is 1.50 bits per heavy atom. The molecular formula is C31H59N3O6. The van der Waals surface area contributed by atoms with Crippen LogP contribution in [-0.2, 0) is 19.2 Å². The van der Waals surface area contributed by atoms with Crippen molar-refractivity contribution >= 4 is 23.8 Å². The number of carbonyl (C=O) groups excluding carboxylic acids is 2. The highest BCUT2D eigenvalue weighted by Crippen LogP contribution is 2.14. The van der Waals surface area contributed by atoms with Crippen LogP contribution in [0.2, 0.25) is 0 Å². The number of carbonyl (C=O) groups is 4. The summed E-state index contributed by atoms with van der Waals surface area (Å²) < 4.78 is 0. The Labute approximate surface area is 242 Å². The summed E-state index contributed by atoms with van der Waals surface area (Å²) in [6.45, 7) is 2.63. The van der Waals surface area contributed by atoms with Crippen molar-refractivity contribution in [3.05, 3.63) is 0 Å². The van der Waals surface area contributed by atoms with Gasteiger partial charge in [-0.1, -0.05) is 110 Å². The number of hydrogen-bond acceptors (Lipinski definition) is 5. The molecule has 0 aromatic carbocycles. The minimum Gasteiger partial charge on any atom is -0.480 e. The zero-order valence-electron chi connectivity index (χ0n) is 25.2. The third-order valence-electron chi connectivity index (χ3n) is 7.38. The minimum atomic E-state index is -1.15. The number of carboxylic acid groups (broad SMARTS) is 2. The van der Waals surface area contributed by atoms with E-state index >= 15 is 0 Å². The zero-order chi connectivity index (χ0) is 29.8. The maximum Gasteiger partial charge on any atom is 0.326 e. The average Bonchev–Trinajstić information content (AvgIpc) is 2.92. The summed E-state index contributed by atoms with van der Waals surface area (Å²) in [7, 11) is 0. The molecule has 9 heteroatoms. The van der Waals surface area contributed by atoms with Gasteiger partial charge in [0.2, 0.25) is 11.8 Å². The molecule has 2 unspecified atom stereocenters. The lowest BCUT2D eigenvalue weighted by molar-refractivity contribution is -0.142. The van der Waals surface area contributed by atoms with Crippen LogP contribution in [0.15, 0.2) is 0 Å². The maximum absolute atomic E-state index is 12.2. The number of hydrogen-bond donors (Lipinski definition) is 5. The van der Waals surface area contributed by atoms with Crippen molar-refractivity contribution in [2.24, 2.45) is 5.73 Å². The Bertz CT molecular complexity index is 673. The Balaban J connectivity index is 3.68. The van der Waals surface area contributed by atoms with Crippen molar-refractivity contribution in [1.82, 2.24) is 10.6 Å². The smallest absolute Gasteiger partial charge is 0.326 e. The molecule has 0 bridgehead atoms. The molecular weight excluding hydrogens is 510 g/mol. The molecule has 0 aromatic rings. The van der Waals surface area contributed by atoms with Crippen LogP contribution in [0.1, 0.15) is 155 Å². The summed E-state index contributed by atoms with van der Waals surface area (Å²) in [5.74, 6) is -2.78. The molecule has 40 heavy (non-hydrogen) atoms. The summed E-state index contributed by atoms with van der Waals surface area (Å²) in [4.78, 5) is 46.3. The lowest BCUT2D eigenvalue weighted by Crippen LogP contribution is -2.41. The standard InChI is InChI=1S/C31H59N3O6/c1-2-3-4-5-6-7-8-9-10-11-12-13-14-15-16-17-18-22-29(36)34-27(31(39)40)23-24-28(35)33-25-20-19-21-26(32)30(37)38/h26-27H,2-25,32H2,1H3,(H,33,35)(H,34,36)(H,37,38)(H,39,40). The fourth-order valence-corrected chi connectivity index (χ4v) is 4.74. The predicted molar refractivity (Wildman–Crippen MR) is 160 cm³/mol.